The van der Waals surface area contributed by atoms with E-state index < -0.39 is 20.7 Å². The molecule has 1 heterocycles. The molecule has 1 saturated heterocycles. The first kappa shape index (κ1) is 14.2. The van der Waals surface area contributed by atoms with Gasteiger partial charge >= 0.3 is 0 Å². The van der Waals surface area contributed by atoms with Gasteiger partial charge in [0.1, 0.15) is 4.99 Å². The molecule has 0 aromatic heterocycles. The number of nitrogens with two attached hydrogens (primary N) is 1. The fourth-order valence-corrected chi connectivity index (χ4v) is 3.61. The van der Waals surface area contributed by atoms with E-state index in [2.05, 4.69) is 0 Å². The average Bonchev–Trinajstić information content (AvgIpc) is 2.28. The molecule has 2 N–H and O–H groups in total. The molecule has 2 rings (SSSR count). The van der Waals surface area contributed by atoms with Crippen LogP contribution in [0.15, 0.2) is 18.2 Å². The van der Waals surface area contributed by atoms with Crippen LogP contribution in [-0.4, -0.2) is 24.1 Å². The molecule has 0 bridgehead atoms. The van der Waals surface area contributed by atoms with Crippen molar-refractivity contribution in [2.45, 2.75) is 18.6 Å². The van der Waals surface area contributed by atoms with Gasteiger partial charge in [-0.2, -0.15) is 0 Å². The minimum absolute atomic E-state index is 0.000581. The Bertz CT molecular complexity index is 698. The summed E-state index contributed by atoms with van der Waals surface area (Å²) in [6, 6.07) is 4.39. The van der Waals surface area contributed by atoms with Gasteiger partial charge in [-0.05, 0) is 32.0 Å². The molecule has 1 aliphatic heterocycles. The van der Waals surface area contributed by atoms with Crippen molar-refractivity contribution in [1.82, 2.24) is 0 Å². The van der Waals surface area contributed by atoms with Crippen LogP contribution in [0.3, 0.4) is 0 Å². The van der Waals surface area contributed by atoms with Gasteiger partial charge in [-0.25, -0.2) is 12.7 Å². The summed E-state index contributed by atoms with van der Waals surface area (Å²) in [5.74, 6) is -0.535. The predicted octanol–water partition coefficient (Wildman–Crippen LogP) is 1.43. The number of nitrogens with zero attached hydrogens (tertiary/aromatic N) is 1. The van der Waals surface area contributed by atoms with Gasteiger partial charge in [-0.15, -0.1) is 0 Å². The molecule has 0 atom stereocenters. The van der Waals surface area contributed by atoms with Crippen LogP contribution < -0.4 is 10.0 Å². The van der Waals surface area contributed by atoms with Crippen molar-refractivity contribution in [1.29, 1.82) is 0 Å². The molecular weight excluding hydrogens is 308 g/mol. The second kappa shape index (κ2) is 4.16. The van der Waals surface area contributed by atoms with Crippen LogP contribution in [0.1, 0.15) is 19.4 Å². The number of amides is 1. The Morgan fingerprint density at radius 1 is 1.42 bits per heavy atom. The summed E-state index contributed by atoms with van der Waals surface area (Å²) in [5, 5.41) is 0.294. The molecule has 102 valence electrons. The topological polar surface area (TPSA) is 80.5 Å². The number of carbonyl (C=O) groups is 1. The molecule has 19 heavy (non-hydrogen) atoms. The smallest absolute Gasteiger partial charge is 0.263 e. The fraction of sp³-hybridized carbons (Fsp3) is 0.273. The predicted molar refractivity (Wildman–Crippen MR) is 77.8 cm³/mol. The van der Waals surface area contributed by atoms with E-state index in [1.807, 2.05) is 0 Å². The van der Waals surface area contributed by atoms with Crippen molar-refractivity contribution in [2.24, 2.45) is 5.73 Å². The van der Waals surface area contributed by atoms with E-state index >= 15 is 0 Å². The molecular formula is C11H11ClN2O3S2. The van der Waals surface area contributed by atoms with Gasteiger partial charge in [0.2, 0.25) is 0 Å². The summed E-state index contributed by atoms with van der Waals surface area (Å²) in [6.07, 6.45) is 0. The lowest BCUT2D eigenvalue weighted by atomic mass is 10.1. The maximum Gasteiger partial charge on any atom is 0.263 e. The Balaban J connectivity index is 2.65. The second-order valence-electron chi connectivity index (χ2n) is 4.61. The molecule has 0 radical (unpaired) electrons. The number of thiocarbonyl (C=S) groups is 1. The first-order valence-electron chi connectivity index (χ1n) is 5.29. The van der Waals surface area contributed by atoms with Gasteiger partial charge < -0.3 is 5.73 Å². The Labute approximate surface area is 121 Å². The maximum absolute atomic E-state index is 12.1. The van der Waals surface area contributed by atoms with Crippen molar-refractivity contribution < 1.29 is 13.2 Å². The second-order valence-corrected chi connectivity index (χ2v) is 7.82. The summed E-state index contributed by atoms with van der Waals surface area (Å²) >= 11 is 10.7. The van der Waals surface area contributed by atoms with Crippen LogP contribution in [0.5, 0.6) is 0 Å². The molecule has 1 aliphatic rings. The van der Waals surface area contributed by atoms with Crippen molar-refractivity contribution >= 4 is 50.4 Å². The highest BCUT2D eigenvalue weighted by atomic mass is 35.5. The molecule has 1 fully saturated rings. The molecule has 0 unspecified atom stereocenters. The number of hydrogen-bond acceptors (Lipinski definition) is 4. The van der Waals surface area contributed by atoms with E-state index in [4.69, 9.17) is 29.6 Å². The van der Waals surface area contributed by atoms with Crippen LogP contribution >= 0.6 is 23.8 Å². The molecule has 5 nitrogen and oxygen atoms in total. The standard InChI is InChI=1S/C11H11ClN2O3S2/c1-11(2)10(15)14(19(11,16)17)8-5-6(12)3-4-7(8)9(13)18/h3-5H,1-2H3,(H2,13,18). The number of anilines is 1. The molecule has 0 saturated carbocycles. The highest BCUT2D eigenvalue weighted by Gasteiger charge is 2.61. The van der Waals surface area contributed by atoms with Gasteiger partial charge in [-0.1, -0.05) is 23.8 Å². The zero-order chi connectivity index (χ0) is 14.6. The van der Waals surface area contributed by atoms with Crippen molar-refractivity contribution in [3.8, 4) is 0 Å². The molecule has 1 aromatic rings. The van der Waals surface area contributed by atoms with Gasteiger partial charge in [0.25, 0.3) is 15.9 Å². The van der Waals surface area contributed by atoms with E-state index in [0.717, 1.165) is 0 Å². The summed E-state index contributed by atoms with van der Waals surface area (Å²) in [5.41, 5.74) is 5.94. The van der Waals surface area contributed by atoms with Crippen LogP contribution in [0.4, 0.5) is 5.69 Å². The number of hydrogen-bond donors (Lipinski definition) is 1. The molecule has 8 heteroatoms. The maximum atomic E-state index is 12.1. The van der Waals surface area contributed by atoms with Crippen molar-refractivity contribution in [2.75, 3.05) is 4.31 Å². The largest absolute Gasteiger partial charge is 0.389 e. The normalized spacial score (nSPS) is 19.9. The zero-order valence-electron chi connectivity index (χ0n) is 10.2. The van der Waals surface area contributed by atoms with Gasteiger partial charge in [0.05, 0.1) is 5.69 Å². The summed E-state index contributed by atoms with van der Waals surface area (Å²) in [7, 11) is -3.77. The number of carbonyl (C=O) groups excluding carboxylic acids is 1. The van der Waals surface area contributed by atoms with E-state index in [9.17, 15) is 13.2 Å². The monoisotopic (exact) mass is 318 g/mol. The number of rotatable bonds is 2. The average molecular weight is 319 g/mol. The third-order valence-electron chi connectivity index (χ3n) is 3.03. The van der Waals surface area contributed by atoms with E-state index in [1.165, 1.54) is 32.0 Å². The van der Waals surface area contributed by atoms with Crippen LogP contribution in [0, 0.1) is 0 Å². The zero-order valence-corrected chi connectivity index (χ0v) is 12.6. The van der Waals surface area contributed by atoms with Gasteiger partial charge in [0.15, 0.2) is 4.75 Å². The Morgan fingerprint density at radius 3 is 2.47 bits per heavy atom. The number of halogens is 1. The van der Waals surface area contributed by atoms with Gasteiger partial charge in [-0.3, -0.25) is 4.79 Å². The van der Waals surface area contributed by atoms with Crippen LogP contribution in [0.2, 0.25) is 5.02 Å². The highest BCUT2D eigenvalue weighted by molar-refractivity contribution is 7.98. The highest BCUT2D eigenvalue weighted by Crippen LogP contribution is 2.41. The molecule has 0 spiro atoms. The fourth-order valence-electron chi connectivity index (χ4n) is 1.77. The molecule has 1 amide bonds. The molecule has 0 aliphatic carbocycles. The lowest BCUT2D eigenvalue weighted by molar-refractivity contribution is -0.120. The van der Waals surface area contributed by atoms with Crippen molar-refractivity contribution in [3.05, 3.63) is 28.8 Å². The third kappa shape index (κ3) is 1.84. The van der Waals surface area contributed by atoms with Crippen molar-refractivity contribution in [3.63, 3.8) is 0 Å². The quantitative estimate of drug-likeness (QED) is 0.834. The van der Waals surface area contributed by atoms with E-state index in [0.29, 0.717) is 14.9 Å². The van der Waals surface area contributed by atoms with Crippen LogP contribution in [0.25, 0.3) is 0 Å². The SMILES string of the molecule is CC1(C)C(=O)N(c2cc(Cl)ccc2C(N)=S)S1(=O)=O. The first-order valence-corrected chi connectivity index (χ1v) is 7.52. The summed E-state index contributed by atoms with van der Waals surface area (Å²) < 4.78 is 23.6. The molecule has 1 aromatic carbocycles. The summed E-state index contributed by atoms with van der Waals surface area (Å²) in [6.45, 7) is 2.71. The third-order valence-corrected chi connectivity index (χ3v) is 5.79. The Morgan fingerprint density at radius 2 is 2.00 bits per heavy atom. The number of sulfonamides is 1. The first-order chi connectivity index (χ1) is 8.60. The lowest BCUT2D eigenvalue weighted by Crippen LogP contribution is -2.68. The minimum Gasteiger partial charge on any atom is -0.389 e. The summed E-state index contributed by atoms with van der Waals surface area (Å²) in [4.78, 5) is 12.0. The lowest BCUT2D eigenvalue weighted by Gasteiger charge is -2.43. The van der Waals surface area contributed by atoms with E-state index in [1.54, 1.807) is 0 Å². The van der Waals surface area contributed by atoms with E-state index in [-0.39, 0.29) is 10.7 Å². The van der Waals surface area contributed by atoms with Crippen LogP contribution in [-0.2, 0) is 14.8 Å². The number of benzene rings is 1. The van der Waals surface area contributed by atoms with Gasteiger partial charge in [0, 0.05) is 10.6 Å². The Kier molecular flexibility index (Phi) is 3.11. The Hall–Kier alpha value is -1.18. The minimum atomic E-state index is -3.77.